The molecule has 0 aliphatic carbocycles. The van der Waals surface area contributed by atoms with Crippen molar-refractivity contribution in [3.8, 4) is 0 Å². The molecule has 2 aliphatic heterocycles. The predicted molar refractivity (Wildman–Crippen MR) is 120 cm³/mol. The van der Waals surface area contributed by atoms with Gasteiger partial charge in [-0.2, -0.15) is 0 Å². The first-order chi connectivity index (χ1) is 15.5. The summed E-state index contributed by atoms with van der Waals surface area (Å²) in [5, 5.41) is 5.31. The number of hydrogen-bond donors (Lipinski definition) is 1. The molecule has 0 bridgehead atoms. The molecule has 7 nitrogen and oxygen atoms in total. The highest BCUT2D eigenvalue weighted by Gasteiger charge is 2.41. The van der Waals surface area contributed by atoms with Crippen LogP contribution in [0.3, 0.4) is 0 Å². The van der Waals surface area contributed by atoms with Gasteiger partial charge in [0.2, 0.25) is 5.91 Å². The molecular formula is C23H21FN4O3S. The largest absolute Gasteiger partial charge is 0.466 e. The van der Waals surface area contributed by atoms with Crippen LogP contribution in [0.4, 0.5) is 4.39 Å². The number of carbonyl (C=O) groups excluding carboxylic acids is 2. The molecule has 2 aromatic rings. The second-order valence-electron chi connectivity index (χ2n) is 7.21. The van der Waals surface area contributed by atoms with Gasteiger partial charge in [0.05, 0.1) is 43.1 Å². The molecule has 1 N–H and O–H groups in total. The van der Waals surface area contributed by atoms with Gasteiger partial charge in [-0.3, -0.25) is 9.78 Å². The number of nitrogens with one attached hydrogen (secondary N) is 1. The maximum absolute atomic E-state index is 14.1. The van der Waals surface area contributed by atoms with E-state index in [0.717, 1.165) is 5.69 Å². The summed E-state index contributed by atoms with van der Waals surface area (Å²) >= 11 is 1.36. The van der Waals surface area contributed by atoms with E-state index in [1.807, 2.05) is 23.6 Å². The molecule has 0 radical (unpaired) electrons. The summed E-state index contributed by atoms with van der Waals surface area (Å²) in [5.41, 5.74) is 2.79. The number of fused-ring (bicyclic) bond motifs is 1. The number of halogens is 1. The fourth-order valence-corrected chi connectivity index (χ4v) is 4.62. The normalized spacial score (nSPS) is 17.5. The van der Waals surface area contributed by atoms with Gasteiger partial charge >= 0.3 is 5.97 Å². The zero-order valence-electron chi connectivity index (χ0n) is 17.5. The summed E-state index contributed by atoms with van der Waals surface area (Å²) in [6.45, 7) is 2.03. The lowest BCUT2D eigenvalue weighted by Crippen LogP contribution is -2.38. The molecule has 1 amide bonds. The van der Waals surface area contributed by atoms with Crippen molar-refractivity contribution >= 4 is 28.8 Å². The molecular weight excluding hydrogens is 431 g/mol. The SMILES string of the molecule is COC(=O)C1=C(C)N=C2SC=C(CC(=O)NCc3ccccn3)N2[C@H]1c1cccc(F)c1. The van der Waals surface area contributed by atoms with E-state index in [1.165, 1.54) is 31.0 Å². The van der Waals surface area contributed by atoms with Crippen molar-refractivity contribution in [3.05, 3.63) is 88.1 Å². The molecule has 32 heavy (non-hydrogen) atoms. The van der Waals surface area contributed by atoms with E-state index < -0.39 is 17.8 Å². The van der Waals surface area contributed by atoms with Crippen molar-refractivity contribution in [2.45, 2.75) is 25.9 Å². The molecule has 1 aromatic heterocycles. The van der Waals surface area contributed by atoms with Crippen LogP contribution in [0.5, 0.6) is 0 Å². The number of rotatable bonds is 6. The average Bonchev–Trinajstić information content (AvgIpc) is 3.18. The molecule has 164 valence electrons. The molecule has 2 aliphatic rings. The van der Waals surface area contributed by atoms with Crippen LogP contribution in [0, 0.1) is 5.82 Å². The maximum Gasteiger partial charge on any atom is 0.338 e. The lowest BCUT2D eigenvalue weighted by Gasteiger charge is -2.36. The zero-order chi connectivity index (χ0) is 22.7. The van der Waals surface area contributed by atoms with E-state index >= 15 is 0 Å². The standard InChI is InChI=1S/C23H21FN4O3S/c1-14-20(22(30)31-2)21(15-6-5-7-16(24)10-15)28-18(13-32-23(28)27-14)11-19(29)26-12-17-8-3-4-9-25-17/h3-10,13,21H,11-12H2,1-2H3,(H,26,29)/t21-/m0/s1. The molecule has 0 spiro atoms. The smallest absolute Gasteiger partial charge is 0.338 e. The molecule has 1 aromatic carbocycles. The van der Waals surface area contributed by atoms with Crippen LogP contribution in [-0.4, -0.2) is 34.0 Å². The van der Waals surface area contributed by atoms with Crippen molar-refractivity contribution in [1.29, 1.82) is 0 Å². The quantitative estimate of drug-likeness (QED) is 0.674. The van der Waals surface area contributed by atoms with Gasteiger partial charge in [-0.25, -0.2) is 14.2 Å². The Morgan fingerprint density at radius 3 is 2.81 bits per heavy atom. The van der Waals surface area contributed by atoms with Crippen molar-refractivity contribution in [3.63, 3.8) is 0 Å². The first kappa shape index (κ1) is 21.8. The number of benzene rings is 1. The number of nitrogens with zero attached hydrogens (tertiary/aromatic N) is 3. The Morgan fingerprint density at radius 1 is 1.25 bits per heavy atom. The molecule has 0 fully saturated rings. The van der Waals surface area contributed by atoms with Crippen LogP contribution in [0.1, 0.15) is 30.6 Å². The molecule has 0 saturated heterocycles. The molecule has 9 heteroatoms. The number of methoxy groups -OCH3 is 1. The van der Waals surface area contributed by atoms with Crippen LogP contribution >= 0.6 is 11.8 Å². The van der Waals surface area contributed by atoms with E-state index in [1.54, 1.807) is 30.2 Å². The summed E-state index contributed by atoms with van der Waals surface area (Å²) in [6, 6.07) is 10.9. The first-order valence-electron chi connectivity index (χ1n) is 9.92. The van der Waals surface area contributed by atoms with E-state index in [-0.39, 0.29) is 12.3 Å². The molecule has 4 rings (SSSR count). The minimum Gasteiger partial charge on any atom is -0.466 e. The summed E-state index contributed by atoms with van der Waals surface area (Å²) < 4.78 is 19.1. The lowest BCUT2D eigenvalue weighted by atomic mass is 9.94. The third-order valence-electron chi connectivity index (χ3n) is 5.10. The van der Waals surface area contributed by atoms with E-state index in [2.05, 4.69) is 15.3 Å². The fourth-order valence-electron chi connectivity index (χ4n) is 3.65. The Bertz CT molecular complexity index is 1150. The minimum atomic E-state index is -0.657. The third kappa shape index (κ3) is 4.43. The highest BCUT2D eigenvalue weighted by Crippen LogP contribution is 2.44. The Labute approximate surface area is 189 Å². The Balaban J connectivity index is 1.61. The zero-order valence-corrected chi connectivity index (χ0v) is 18.4. The molecule has 1 atom stereocenters. The topological polar surface area (TPSA) is 83.9 Å². The second kappa shape index (κ2) is 9.35. The minimum absolute atomic E-state index is 0.0676. The number of hydrogen-bond acceptors (Lipinski definition) is 7. The first-order valence-corrected chi connectivity index (χ1v) is 10.8. The molecule has 0 saturated carbocycles. The van der Waals surface area contributed by atoms with Gasteiger partial charge in [-0.15, -0.1) is 0 Å². The number of pyridine rings is 1. The Kier molecular flexibility index (Phi) is 6.36. The van der Waals surface area contributed by atoms with Gasteiger partial charge in [0.25, 0.3) is 0 Å². The third-order valence-corrected chi connectivity index (χ3v) is 5.99. The van der Waals surface area contributed by atoms with E-state index in [4.69, 9.17) is 4.74 Å². The van der Waals surface area contributed by atoms with Gasteiger partial charge in [-0.1, -0.05) is 30.0 Å². The monoisotopic (exact) mass is 452 g/mol. The second-order valence-corrected chi connectivity index (χ2v) is 8.05. The van der Waals surface area contributed by atoms with Gasteiger partial charge in [-0.05, 0) is 42.2 Å². The van der Waals surface area contributed by atoms with Crippen LogP contribution in [-0.2, 0) is 20.9 Å². The Morgan fingerprint density at radius 2 is 2.09 bits per heavy atom. The summed E-state index contributed by atoms with van der Waals surface area (Å²) in [4.78, 5) is 35.8. The lowest BCUT2D eigenvalue weighted by molar-refractivity contribution is -0.136. The maximum atomic E-state index is 14.1. The number of carbonyl (C=O) groups is 2. The average molecular weight is 453 g/mol. The summed E-state index contributed by atoms with van der Waals surface area (Å²) in [7, 11) is 1.30. The number of amides is 1. The van der Waals surface area contributed by atoms with Gasteiger partial charge in [0, 0.05) is 11.9 Å². The summed E-state index contributed by atoms with van der Waals surface area (Å²) in [5.74, 6) is -1.16. The number of aliphatic imine (C=N–C) groups is 1. The number of amidine groups is 1. The summed E-state index contributed by atoms with van der Waals surface area (Å²) in [6.07, 6.45) is 1.73. The van der Waals surface area contributed by atoms with E-state index in [9.17, 15) is 14.0 Å². The highest BCUT2D eigenvalue weighted by atomic mass is 32.2. The highest BCUT2D eigenvalue weighted by molar-refractivity contribution is 8.16. The Hall–Kier alpha value is -3.46. The van der Waals surface area contributed by atoms with Gasteiger partial charge in [0.1, 0.15) is 5.82 Å². The predicted octanol–water partition coefficient (Wildman–Crippen LogP) is 3.68. The van der Waals surface area contributed by atoms with Crippen molar-refractivity contribution in [1.82, 2.24) is 15.2 Å². The van der Waals surface area contributed by atoms with Crippen LogP contribution in [0.25, 0.3) is 0 Å². The number of aromatic nitrogens is 1. The number of esters is 1. The molecule has 0 unspecified atom stereocenters. The van der Waals surface area contributed by atoms with Crippen molar-refractivity contribution < 1.29 is 18.7 Å². The van der Waals surface area contributed by atoms with Gasteiger partial charge < -0.3 is 15.0 Å². The molecule has 3 heterocycles. The number of ether oxygens (including phenoxy) is 1. The van der Waals surface area contributed by atoms with E-state index in [0.29, 0.717) is 34.2 Å². The van der Waals surface area contributed by atoms with Crippen LogP contribution in [0.2, 0.25) is 0 Å². The van der Waals surface area contributed by atoms with Crippen LogP contribution in [0.15, 0.2) is 76.0 Å². The number of allylic oxidation sites excluding steroid dienone is 1. The van der Waals surface area contributed by atoms with Crippen molar-refractivity contribution in [2.24, 2.45) is 4.99 Å². The van der Waals surface area contributed by atoms with Crippen LogP contribution < -0.4 is 5.32 Å². The van der Waals surface area contributed by atoms with Crippen molar-refractivity contribution in [2.75, 3.05) is 7.11 Å². The number of thioether (sulfide) groups is 1. The fraction of sp³-hybridized carbons (Fsp3) is 0.217. The van der Waals surface area contributed by atoms with Gasteiger partial charge in [0.15, 0.2) is 5.17 Å².